The number of rotatable bonds is 13. The van der Waals surface area contributed by atoms with E-state index in [1.54, 1.807) is 0 Å². The lowest BCUT2D eigenvalue weighted by molar-refractivity contribution is -0.134. The predicted molar refractivity (Wildman–Crippen MR) is 285 cm³/mol. The molecule has 7 aromatic rings. The number of piperidine rings is 1. The number of anilines is 3. The summed E-state index contributed by atoms with van der Waals surface area (Å²) in [4.78, 5) is 67.5. The van der Waals surface area contributed by atoms with E-state index in [4.69, 9.17) is 14.8 Å². The average molecular weight is 1000 g/mol. The second-order valence-corrected chi connectivity index (χ2v) is 21.3. The first-order valence-electron chi connectivity index (χ1n) is 25.8. The number of nitrogens with one attached hydrogen (secondary N) is 2. The van der Waals surface area contributed by atoms with Crippen LogP contribution in [0.1, 0.15) is 107 Å². The molecule has 15 nitrogen and oxygen atoms in total. The number of hydrogen-bond acceptors (Lipinski definition) is 12. The molecule has 73 heavy (non-hydrogen) atoms. The SMILES string of the molecule is Cc1c(OC2CCC(CCCN3CCN(c4ccc5c(C6CCC(=O)NC6=O)nn(C)c5c4)C[C@H]3C)CC2)cccc1-c1ccc(N2CCc3cccc(C(=O)Nc4nc5ccccc5s4)c3C2)nc1C(=O)O. The zero-order chi connectivity index (χ0) is 50.3. The maximum absolute atomic E-state index is 13.7. The second kappa shape index (κ2) is 20.4. The van der Waals surface area contributed by atoms with Gasteiger partial charge in [0.25, 0.3) is 5.91 Å². The third-order valence-electron chi connectivity index (χ3n) is 15.7. The molecule has 3 fully saturated rings. The smallest absolute Gasteiger partial charge is 0.355 e. The molecular formula is C57H61N9O6S. The number of hydrogen-bond donors (Lipinski definition) is 3. The summed E-state index contributed by atoms with van der Waals surface area (Å²) in [7, 11) is 1.92. The van der Waals surface area contributed by atoms with Gasteiger partial charge in [-0.3, -0.25) is 34.6 Å². The molecular weight excluding hydrogens is 939 g/mol. The Morgan fingerprint density at radius 3 is 2.52 bits per heavy atom. The van der Waals surface area contributed by atoms with Gasteiger partial charge in [0.05, 0.1) is 33.4 Å². The number of benzene rings is 4. The number of carboxylic acid groups (broad SMARTS) is 1. The highest BCUT2D eigenvalue weighted by Gasteiger charge is 2.33. The maximum atomic E-state index is 13.7. The number of aromatic nitrogens is 4. The molecule has 0 radical (unpaired) electrons. The normalized spacial score (nSPS) is 20.5. The van der Waals surface area contributed by atoms with Gasteiger partial charge >= 0.3 is 5.97 Å². The van der Waals surface area contributed by atoms with Gasteiger partial charge in [0, 0.05) is 74.4 Å². The molecule has 6 heterocycles. The summed E-state index contributed by atoms with van der Waals surface area (Å²) in [6.45, 7) is 9.34. The maximum Gasteiger partial charge on any atom is 0.355 e. The van der Waals surface area contributed by atoms with Crippen LogP contribution in [0.5, 0.6) is 5.75 Å². The number of carboxylic acids is 1. The minimum absolute atomic E-state index is 0.0201. The number of aromatic carboxylic acids is 1. The van der Waals surface area contributed by atoms with Gasteiger partial charge in [-0.15, -0.1) is 0 Å². The van der Waals surface area contributed by atoms with Crippen molar-refractivity contribution in [3.05, 3.63) is 125 Å². The number of para-hydroxylation sites is 1. The molecule has 3 aromatic heterocycles. The Hall–Kier alpha value is -7.17. The number of amides is 3. The fraction of sp³-hybridized carbons (Fsp3) is 0.386. The summed E-state index contributed by atoms with van der Waals surface area (Å²) < 4.78 is 9.56. The fourth-order valence-electron chi connectivity index (χ4n) is 11.7. The third-order valence-corrected chi connectivity index (χ3v) is 16.7. The third kappa shape index (κ3) is 9.89. The Balaban J connectivity index is 0.670. The van der Waals surface area contributed by atoms with Crippen LogP contribution in [0.4, 0.5) is 16.6 Å². The van der Waals surface area contributed by atoms with Crippen LogP contribution in [0.2, 0.25) is 0 Å². The summed E-state index contributed by atoms with van der Waals surface area (Å²) in [5, 5.41) is 22.3. The van der Waals surface area contributed by atoms with E-state index in [2.05, 4.69) is 50.5 Å². The van der Waals surface area contributed by atoms with Crippen LogP contribution in [-0.4, -0.2) is 98.3 Å². The van der Waals surface area contributed by atoms with E-state index in [0.29, 0.717) is 66.4 Å². The van der Waals surface area contributed by atoms with Crippen molar-refractivity contribution in [2.45, 2.75) is 96.2 Å². The summed E-state index contributed by atoms with van der Waals surface area (Å²) in [6.07, 6.45) is 8.19. The molecule has 11 rings (SSSR count). The van der Waals surface area contributed by atoms with Crippen molar-refractivity contribution in [2.24, 2.45) is 13.0 Å². The largest absolute Gasteiger partial charge is 0.490 e. The molecule has 0 spiro atoms. The molecule has 3 amide bonds. The number of ether oxygens (including phenoxy) is 1. The minimum Gasteiger partial charge on any atom is -0.490 e. The minimum atomic E-state index is -1.10. The average Bonchev–Trinajstić information content (AvgIpc) is 3.96. The Morgan fingerprint density at radius 2 is 1.71 bits per heavy atom. The van der Waals surface area contributed by atoms with E-state index >= 15 is 0 Å². The van der Waals surface area contributed by atoms with E-state index < -0.39 is 11.9 Å². The van der Waals surface area contributed by atoms with Crippen molar-refractivity contribution in [1.29, 1.82) is 0 Å². The number of pyridine rings is 1. The molecule has 0 bridgehead atoms. The molecule has 3 N–H and O–H groups in total. The van der Waals surface area contributed by atoms with Crippen LogP contribution in [0.15, 0.2) is 91.0 Å². The van der Waals surface area contributed by atoms with Gasteiger partial charge in [-0.25, -0.2) is 14.8 Å². The number of carbonyl (C=O) groups excluding carboxylic acids is 3. The van der Waals surface area contributed by atoms with Crippen molar-refractivity contribution in [1.82, 2.24) is 30.0 Å². The molecule has 3 aliphatic heterocycles. The van der Waals surface area contributed by atoms with Crippen LogP contribution >= 0.6 is 11.3 Å². The van der Waals surface area contributed by atoms with Gasteiger partial charge in [-0.2, -0.15) is 5.10 Å². The zero-order valence-corrected chi connectivity index (χ0v) is 42.4. The Morgan fingerprint density at radius 1 is 0.877 bits per heavy atom. The monoisotopic (exact) mass is 999 g/mol. The van der Waals surface area contributed by atoms with E-state index in [-0.39, 0.29) is 29.5 Å². The van der Waals surface area contributed by atoms with Crippen molar-refractivity contribution in [3.8, 4) is 16.9 Å². The lowest BCUT2D eigenvalue weighted by Crippen LogP contribution is -2.52. The molecule has 4 aromatic carbocycles. The van der Waals surface area contributed by atoms with E-state index in [1.165, 1.54) is 24.2 Å². The van der Waals surface area contributed by atoms with Crippen molar-refractivity contribution in [3.63, 3.8) is 0 Å². The quantitative estimate of drug-likeness (QED) is 0.0935. The van der Waals surface area contributed by atoms with E-state index in [1.807, 2.05) is 96.3 Å². The topological polar surface area (TPSA) is 175 Å². The number of imide groups is 1. The Kier molecular flexibility index (Phi) is 13.4. The summed E-state index contributed by atoms with van der Waals surface area (Å²) >= 11 is 1.44. The molecule has 4 aliphatic rings. The summed E-state index contributed by atoms with van der Waals surface area (Å²) in [5.74, 6) is -0.230. The molecule has 1 aliphatic carbocycles. The standard InChI is InChI=1S/C57H61N9O6S/c1-34-32-65(38-18-21-43-47(31-38)63(3)62-52(43)44-23-25-51(67)60-55(44)69)30-29-64(34)27-8-9-36-16-19-39(20-17-36)72-48-14-7-11-40(35(48)2)41-22-24-50(59-53(41)56(70)71)66-28-26-37-10-6-12-42(45(37)33-66)54(68)61-57-58-46-13-4-5-15-49(46)73-57/h4-7,10-15,18,21-22,24,31,34,36,39,44H,8-9,16-17,19-20,23,25-30,32-33H2,1-3H3,(H,70,71)(H,58,61,68)(H,60,67,69)/t34-,36?,39?,44?/m1/s1. The highest BCUT2D eigenvalue weighted by molar-refractivity contribution is 7.22. The number of carbonyl (C=O) groups is 4. The van der Waals surface area contributed by atoms with Gasteiger partial charge in [-0.1, -0.05) is 47.7 Å². The van der Waals surface area contributed by atoms with E-state index in [0.717, 1.165) is 112 Å². The number of thiazole rings is 1. The van der Waals surface area contributed by atoms with E-state index in [9.17, 15) is 24.3 Å². The number of fused-ring (bicyclic) bond motifs is 3. The fourth-order valence-corrected chi connectivity index (χ4v) is 12.5. The highest BCUT2D eigenvalue weighted by Crippen LogP contribution is 2.38. The van der Waals surface area contributed by atoms with Crippen LogP contribution in [0, 0.1) is 12.8 Å². The first-order chi connectivity index (χ1) is 35.4. The predicted octanol–water partition coefficient (Wildman–Crippen LogP) is 9.52. The van der Waals surface area contributed by atoms with Crippen molar-refractivity contribution >= 4 is 72.8 Å². The lowest BCUT2D eigenvalue weighted by atomic mass is 9.84. The highest BCUT2D eigenvalue weighted by atomic mass is 32.1. The first kappa shape index (κ1) is 48.1. The molecule has 2 atom stereocenters. The lowest BCUT2D eigenvalue weighted by Gasteiger charge is -2.41. The molecule has 376 valence electrons. The number of aryl methyl sites for hydroxylation is 1. The first-order valence-corrected chi connectivity index (χ1v) is 26.6. The molecule has 2 saturated heterocycles. The van der Waals surface area contributed by atoms with Gasteiger partial charge < -0.3 is 19.6 Å². The number of nitrogens with zero attached hydrogens (tertiary/aromatic N) is 7. The van der Waals surface area contributed by atoms with Crippen LogP contribution in [0.3, 0.4) is 0 Å². The van der Waals surface area contributed by atoms with Crippen LogP contribution in [0.25, 0.3) is 32.2 Å². The van der Waals surface area contributed by atoms with Crippen molar-refractivity contribution < 1.29 is 29.0 Å². The summed E-state index contributed by atoms with van der Waals surface area (Å²) in [6, 6.07) is 30.0. The second-order valence-electron chi connectivity index (χ2n) is 20.3. The van der Waals surface area contributed by atoms with Crippen LogP contribution < -0.4 is 25.2 Å². The van der Waals surface area contributed by atoms with Gasteiger partial charge in [0.1, 0.15) is 11.6 Å². The van der Waals surface area contributed by atoms with Gasteiger partial charge in [-0.05, 0) is 155 Å². The van der Waals surface area contributed by atoms with Crippen molar-refractivity contribution in [2.75, 3.05) is 47.8 Å². The molecule has 1 saturated carbocycles. The molecule has 1 unspecified atom stereocenters. The summed E-state index contributed by atoms with van der Waals surface area (Å²) in [5.41, 5.74) is 8.49. The Bertz CT molecular complexity index is 3240. The van der Waals surface area contributed by atoms with Gasteiger partial charge in [0.2, 0.25) is 11.8 Å². The Labute approximate surface area is 428 Å². The van der Waals surface area contributed by atoms with Gasteiger partial charge in [0.15, 0.2) is 10.8 Å². The van der Waals surface area contributed by atoms with Crippen LogP contribution in [-0.2, 0) is 29.6 Å². The molecule has 16 heteroatoms. The number of piperazine rings is 1. The zero-order valence-electron chi connectivity index (χ0n) is 41.6.